The van der Waals surface area contributed by atoms with Crippen LogP contribution in [0.4, 0.5) is 0 Å². The van der Waals surface area contributed by atoms with Crippen molar-refractivity contribution in [3.8, 4) is 0 Å². The second kappa shape index (κ2) is 0.568. The molecule has 1 aromatic rings. The summed E-state index contributed by atoms with van der Waals surface area (Å²) >= 11 is 5.01. The Bertz CT molecular complexity index is 64.6. The van der Waals surface area contributed by atoms with Crippen LogP contribution < -0.4 is 0 Å². The van der Waals surface area contributed by atoms with E-state index in [1.165, 1.54) is 0 Å². The highest BCUT2D eigenvalue weighted by molar-refractivity contribution is 7.69. The number of halogens is 1. The van der Waals surface area contributed by atoms with Crippen LogP contribution in [0.2, 0.25) is 0 Å². The molecule has 4 heavy (non-hydrogen) atoms. The number of rotatable bonds is 0. The lowest BCUT2D eigenvalue weighted by Crippen LogP contribution is -0.677. The Morgan fingerprint density at radius 1 is 1.50 bits per heavy atom. The van der Waals surface area contributed by atoms with Crippen LogP contribution in [0.25, 0.3) is 0 Å². The van der Waals surface area contributed by atoms with Crippen molar-refractivity contribution in [3.63, 3.8) is 0 Å². The number of hydrogen-bond acceptors (Lipinski definition) is 2. The lowest BCUT2D eigenvalue weighted by atomic mass is 15.2. The van der Waals surface area contributed by atoms with Crippen LogP contribution in [0.3, 0.4) is 0 Å². The Morgan fingerprint density at radius 2 is 1.75 bits per heavy atom. The summed E-state index contributed by atoms with van der Waals surface area (Å²) in [5.41, 5.74) is 0. The van der Waals surface area contributed by atoms with Gasteiger partial charge < -0.3 is 0 Å². The fourth-order valence-electron chi connectivity index (χ4n) is 0.0126. The Balaban J connectivity index is 2.81. The van der Waals surface area contributed by atoms with Gasteiger partial charge in [0.25, 0.3) is 0 Å². The molecule has 0 fully saturated rings. The average Bonchev–Trinajstić information content (AvgIpc) is 1.75. The zero-order valence-corrected chi connectivity index (χ0v) is 3.29. The first-order valence-electron chi connectivity index (χ1n) is 0.701. The lowest BCUT2D eigenvalue weighted by Gasteiger charge is -1.17. The summed E-state index contributed by atoms with van der Waals surface area (Å²) in [6, 6.07) is 0. The molecule has 0 aromatic carbocycles. The Labute approximate surface area is 28.3 Å². The monoisotopic (exact) mass is 97.9 g/mol. The maximum atomic E-state index is 5.01. The van der Waals surface area contributed by atoms with Crippen molar-refractivity contribution in [2.75, 3.05) is 0 Å². The largest absolute Gasteiger partial charge is 0.415 e. The van der Waals surface area contributed by atoms with E-state index in [0.717, 1.165) is 0 Å². The Morgan fingerprint density at radius 3 is 1.75 bits per heavy atom. The molecule has 0 N–H and O–H groups in total. The van der Waals surface area contributed by atoms with Gasteiger partial charge in [-0.25, -0.2) is 8.71 Å². The van der Waals surface area contributed by atoms with Crippen molar-refractivity contribution in [3.05, 3.63) is 0 Å². The smallest absolute Gasteiger partial charge is 0.219 e. The van der Waals surface area contributed by atoms with Crippen LogP contribution >= 0.6 is 18.6 Å². The summed E-state index contributed by atoms with van der Waals surface area (Å²) in [6.07, 6.45) is 0. The van der Waals surface area contributed by atoms with Gasteiger partial charge in [0.1, 0.15) is 0 Å². The summed E-state index contributed by atoms with van der Waals surface area (Å²) < 4.78 is 8.08. The molecule has 0 amide bonds. The molecule has 0 unspecified atom stereocenters. The highest BCUT2D eigenvalue weighted by Gasteiger charge is 1.94. The van der Waals surface area contributed by atoms with Gasteiger partial charge in [0.05, 0.1) is 0 Å². The van der Waals surface area contributed by atoms with Crippen molar-refractivity contribution in [1.82, 2.24) is 0 Å². The Kier molecular flexibility index (Phi) is 0.345. The SMILES string of the molecule is Clp1oo1. The maximum absolute atomic E-state index is 5.01. The minimum Gasteiger partial charge on any atom is -0.219 e. The second-order valence-corrected chi connectivity index (χ2v) is 1.91. The third-order valence-corrected chi connectivity index (χ3v) is 0.731. The van der Waals surface area contributed by atoms with Crippen LogP contribution in [0, 0.1) is 0 Å². The van der Waals surface area contributed by atoms with E-state index in [0.29, 0.717) is 0 Å². The van der Waals surface area contributed by atoms with E-state index in [1.807, 2.05) is 0 Å². The molecule has 0 bridgehead atoms. The predicted molar refractivity (Wildman–Crippen MR) is 14.9 cm³/mol. The summed E-state index contributed by atoms with van der Waals surface area (Å²) in [5, 5.41) is 0. The molecule has 0 aliphatic rings. The van der Waals surface area contributed by atoms with Gasteiger partial charge >= 0.3 is 7.37 Å². The molecule has 0 radical (unpaired) electrons. The molecule has 1 rings (SSSR count). The maximum Gasteiger partial charge on any atom is 0.415 e. The molecule has 0 atom stereocenters. The van der Waals surface area contributed by atoms with Gasteiger partial charge in [0, 0.05) is 11.2 Å². The lowest BCUT2D eigenvalue weighted by molar-refractivity contribution is 0.264. The molecular weight excluding hydrogens is 98.4 g/mol. The van der Waals surface area contributed by atoms with Crippen LogP contribution in [0.1, 0.15) is 0 Å². The number of hydrogen-bond donors (Lipinski definition) is 0. The van der Waals surface area contributed by atoms with E-state index in [-0.39, 0.29) is 0 Å². The fraction of sp³-hybridized carbons (Fsp3) is 0. The van der Waals surface area contributed by atoms with Crippen molar-refractivity contribution >= 4 is 18.6 Å². The normalized spacial score (nSPS) is 9.25. The molecule has 0 aliphatic heterocycles. The van der Waals surface area contributed by atoms with Gasteiger partial charge in [-0.2, -0.15) is 0 Å². The molecule has 0 aliphatic carbocycles. The Hall–Kier alpha value is 0.190. The summed E-state index contributed by atoms with van der Waals surface area (Å²) in [5.74, 6) is 0. The first kappa shape index (κ1) is 2.43. The van der Waals surface area contributed by atoms with Gasteiger partial charge in [-0.3, -0.25) is 0 Å². The molecule has 1 aromatic heterocycles. The predicted octanol–water partition coefficient (Wildman–Crippen LogP) is 1.86. The topological polar surface area (TPSA) is 26.3 Å². The fourth-order valence-corrected chi connectivity index (χ4v) is 0.340. The van der Waals surface area contributed by atoms with Gasteiger partial charge in [-0.05, 0) is 0 Å². The van der Waals surface area contributed by atoms with E-state index in [2.05, 4.69) is 8.71 Å². The highest BCUT2D eigenvalue weighted by atomic mass is 35.7. The average molecular weight is 98.4 g/mol. The van der Waals surface area contributed by atoms with Crippen LogP contribution in [-0.2, 0) is 0 Å². The van der Waals surface area contributed by atoms with E-state index in [9.17, 15) is 0 Å². The molecule has 1 heterocycles. The molecule has 24 valence electrons. The zero-order valence-electron chi connectivity index (χ0n) is 1.64. The summed E-state index contributed by atoms with van der Waals surface area (Å²) in [6.45, 7) is 0. The molecule has 4 heteroatoms. The van der Waals surface area contributed by atoms with E-state index < -0.39 is 7.37 Å². The standard InChI is InChI=1S/ClO2P/c1-4-2-3-4. The van der Waals surface area contributed by atoms with Crippen molar-refractivity contribution < 1.29 is 8.71 Å². The van der Waals surface area contributed by atoms with Crippen molar-refractivity contribution in [2.45, 2.75) is 0 Å². The third kappa shape index (κ3) is 0.305. The highest BCUT2D eigenvalue weighted by Crippen LogP contribution is 2.39. The molecule has 0 spiro atoms. The van der Waals surface area contributed by atoms with E-state index >= 15 is 0 Å². The van der Waals surface area contributed by atoms with Crippen molar-refractivity contribution in [2.24, 2.45) is 0 Å². The third-order valence-electron chi connectivity index (χ3n) is 0.131. The van der Waals surface area contributed by atoms with E-state index in [1.54, 1.807) is 0 Å². The first-order chi connectivity index (χ1) is 1.89. The van der Waals surface area contributed by atoms with Crippen LogP contribution in [0.5, 0.6) is 0 Å². The van der Waals surface area contributed by atoms with Crippen LogP contribution in [-0.4, -0.2) is 0 Å². The molecule has 2 nitrogen and oxygen atoms in total. The minimum absolute atomic E-state index is 0.898. The van der Waals surface area contributed by atoms with E-state index in [4.69, 9.17) is 11.2 Å². The quantitative estimate of drug-likeness (QED) is 0.463. The summed E-state index contributed by atoms with van der Waals surface area (Å²) in [4.78, 5) is 0. The van der Waals surface area contributed by atoms with Gasteiger partial charge in [0.15, 0.2) is 0 Å². The van der Waals surface area contributed by atoms with Gasteiger partial charge in [0.2, 0.25) is 0 Å². The second-order valence-electron chi connectivity index (χ2n) is 0.362. The van der Waals surface area contributed by atoms with Gasteiger partial charge in [-0.15, -0.1) is 0 Å². The summed E-state index contributed by atoms with van der Waals surface area (Å²) in [7, 11) is -0.898. The van der Waals surface area contributed by atoms with Crippen molar-refractivity contribution in [1.29, 1.82) is 0 Å². The molecule has 0 saturated heterocycles. The minimum atomic E-state index is -0.898. The van der Waals surface area contributed by atoms with Gasteiger partial charge in [-0.1, -0.05) is 0 Å². The molecule has 0 saturated carbocycles. The van der Waals surface area contributed by atoms with Crippen LogP contribution in [0.15, 0.2) is 8.71 Å². The zero-order chi connectivity index (χ0) is 2.99. The first-order valence-corrected chi connectivity index (χ1v) is 2.78. The molecular formula is ClO2P.